The molecule has 2 heterocycles. The molecule has 134 valence electrons. The molecule has 2 amide bonds. The number of piperazine rings is 1. The summed E-state index contributed by atoms with van der Waals surface area (Å²) >= 11 is 1.38. The minimum atomic E-state index is -0.188. The molecule has 1 N–H and O–H groups in total. The first kappa shape index (κ1) is 18.8. The Hall–Kier alpha value is -1.54. The maximum atomic E-state index is 12.2. The maximum Gasteiger partial charge on any atom is 0.226 e. The summed E-state index contributed by atoms with van der Waals surface area (Å²) in [5, 5.41) is 12.2. The predicted molar refractivity (Wildman–Crippen MR) is 95.2 cm³/mol. The average Bonchev–Trinajstić information content (AvgIpc) is 3.01. The van der Waals surface area contributed by atoms with E-state index in [-0.39, 0.29) is 30.1 Å². The van der Waals surface area contributed by atoms with Crippen LogP contribution < -0.4 is 5.32 Å². The third kappa shape index (κ3) is 5.24. The van der Waals surface area contributed by atoms with Gasteiger partial charge in [-0.25, -0.2) is 0 Å². The van der Waals surface area contributed by atoms with Gasteiger partial charge in [-0.2, -0.15) is 0 Å². The summed E-state index contributed by atoms with van der Waals surface area (Å²) < 4.78 is 0. The van der Waals surface area contributed by atoms with Crippen LogP contribution in [-0.2, 0) is 15.0 Å². The first-order chi connectivity index (χ1) is 11.3. The molecule has 7 nitrogen and oxygen atoms in total. The lowest BCUT2D eigenvalue weighted by Gasteiger charge is -2.34. The van der Waals surface area contributed by atoms with Crippen molar-refractivity contribution in [2.24, 2.45) is 0 Å². The first-order valence-corrected chi connectivity index (χ1v) is 9.25. The van der Waals surface area contributed by atoms with Crippen LogP contribution in [0, 0.1) is 0 Å². The molecule has 1 fully saturated rings. The van der Waals surface area contributed by atoms with E-state index in [1.54, 1.807) is 0 Å². The second-order valence-electron chi connectivity index (χ2n) is 7.03. The molecule has 8 heteroatoms. The van der Waals surface area contributed by atoms with Crippen LogP contribution in [0.1, 0.15) is 45.5 Å². The summed E-state index contributed by atoms with van der Waals surface area (Å²) in [4.78, 5) is 28.4. The summed E-state index contributed by atoms with van der Waals surface area (Å²) in [5.74, 6) is -0.138. The third-order valence-corrected chi connectivity index (χ3v) is 5.32. The van der Waals surface area contributed by atoms with Crippen LogP contribution in [0.3, 0.4) is 0 Å². The number of hydrogen-bond acceptors (Lipinski definition) is 6. The van der Waals surface area contributed by atoms with Crippen LogP contribution in [0.2, 0.25) is 0 Å². The highest BCUT2D eigenvalue weighted by Gasteiger charge is 2.22. The molecule has 1 aromatic rings. The van der Waals surface area contributed by atoms with E-state index in [1.165, 1.54) is 11.3 Å². The highest BCUT2D eigenvalue weighted by molar-refractivity contribution is 7.15. The van der Waals surface area contributed by atoms with Gasteiger partial charge in [0.25, 0.3) is 0 Å². The fraction of sp³-hybridized carbons (Fsp3) is 0.750. The molecule has 24 heavy (non-hydrogen) atoms. The van der Waals surface area contributed by atoms with Gasteiger partial charge in [-0.05, 0) is 6.54 Å². The van der Waals surface area contributed by atoms with E-state index in [0.29, 0.717) is 5.13 Å². The van der Waals surface area contributed by atoms with Gasteiger partial charge in [-0.15, -0.1) is 10.2 Å². The smallest absolute Gasteiger partial charge is 0.226 e. The SMILES string of the molecule is CCN1CCN(C(=O)CCC(=O)Nc2nnc(C(C)(C)C)s2)CC1. The van der Waals surface area contributed by atoms with Crippen molar-refractivity contribution in [3.05, 3.63) is 5.01 Å². The highest BCUT2D eigenvalue weighted by Crippen LogP contribution is 2.27. The molecule has 0 aliphatic carbocycles. The standard InChI is InChI=1S/C16H27N5O2S/c1-5-20-8-10-21(11-9-20)13(23)7-6-12(22)17-15-19-18-14(24-15)16(2,3)4/h5-11H2,1-4H3,(H,17,19,22). The van der Waals surface area contributed by atoms with Crippen LogP contribution in [0.4, 0.5) is 5.13 Å². The van der Waals surface area contributed by atoms with Crippen LogP contribution in [0.15, 0.2) is 0 Å². The molecule has 2 rings (SSSR count). The van der Waals surface area contributed by atoms with Crippen molar-refractivity contribution in [1.29, 1.82) is 0 Å². The van der Waals surface area contributed by atoms with Crippen molar-refractivity contribution in [3.63, 3.8) is 0 Å². The molecule has 1 aromatic heterocycles. The van der Waals surface area contributed by atoms with E-state index in [9.17, 15) is 9.59 Å². The Morgan fingerprint density at radius 1 is 1.12 bits per heavy atom. The zero-order chi connectivity index (χ0) is 17.7. The molecule has 1 aliphatic heterocycles. The van der Waals surface area contributed by atoms with Gasteiger partial charge in [0.2, 0.25) is 16.9 Å². The Balaban J connectivity index is 1.75. The Labute approximate surface area is 147 Å². The van der Waals surface area contributed by atoms with Crippen LogP contribution in [0.25, 0.3) is 0 Å². The molecular formula is C16H27N5O2S. The van der Waals surface area contributed by atoms with Crippen LogP contribution in [-0.4, -0.2) is 64.5 Å². The number of aromatic nitrogens is 2. The van der Waals surface area contributed by atoms with Gasteiger partial charge in [-0.1, -0.05) is 39.0 Å². The summed E-state index contributed by atoms with van der Waals surface area (Å²) in [6.45, 7) is 12.6. The number of hydrogen-bond donors (Lipinski definition) is 1. The topological polar surface area (TPSA) is 78.4 Å². The number of amides is 2. The van der Waals surface area contributed by atoms with Gasteiger partial charge < -0.3 is 15.1 Å². The van der Waals surface area contributed by atoms with E-state index < -0.39 is 0 Å². The van der Waals surface area contributed by atoms with Crippen molar-refractivity contribution in [1.82, 2.24) is 20.0 Å². The summed E-state index contributed by atoms with van der Waals surface area (Å²) in [5.41, 5.74) is -0.0861. The second kappa shape index (κ2) is 8.02. The average molecular weight is 353 g/mol. The van der Waals surface area contributed by atoms with Crippen molar-refractivity contribution in [2.75, 3.05) is 38.0 Å². The molecule has 0 bridgehead atoms. The monoisotopic (exact) mass is 353 g/mol. The molecule has 0 radical (unpaired) electrons. The predicted octanol–water partition coefficient (Wildman–Crippen LogP) is 1.72. The third-order valence-electron chi connectivity index (χ3n) is 4.05. The van der Waals surface area contributed by atoms with Gasteiger partial charge in [-0.3, -0.25) is 9.59 Å². The van der Waals surface area contributed by atoms with Crippen molar-refractivity contribution < 1.29 is 9.59 Å². The number of anilines is 1. The quantitative estimate of drug-likeness (QED) is 0.872. The van der Waals surface area contributed by atoms with Gasteiger partial charge in [0.1, 0.15) is 5.01 Å². The van der Waals surface area contributed by atoms with Gasteiger partial charge in [0, 0.05) is 44.4 Å². The Bertz CT molecular complexity index is 573. The van der Waals surface area contributed by atoms with Crippen molar-refractivity contribution in [3.8, 4) is 0 Å². The number of nitrogens with zero attached hydrogens (tertiary/aromatic N) is 4. The summed E-state index contributed by atoms with van der Waals surface area (Å²) in [6.07, 6.45) is 0.417. The highest BCUT2D eigenvalue weighted by atomic mass is 32.1. The molecular weight excluding hydrogens is 326 g/mol. The number of carbonyl (C=O) groups is 2. The first-order valence-electron chi connectivity index (χ1n) is 8.43. The molecule has 0 saturated carbocycles. The fourth-order valence-electron chi connectivity index (χ4n) is 2.45. The molecule has 0 spiro atoms. The van der Waals surface area contributed by atoms with E-state index in [1.807, 2.05) is 4.90 Å². The molecule has 0 unspecified atom stereocenters. The Kier molecular flexibility index (Phi) is 6.28. The number of rotatable bonds is 5. The van der Waals surface area contributed by atoms with Crippen LogP contribution >= 0.6 is 11.3 Å². The molecule has 0 atom stereocenters. The minimum absolute atomic E-state index is 0.0496. The largest absolute Gasteiger partial charge is 0.340 e. The van der Waals surface area contributed by atoms with Gasteiger partial charge in [0.15, 0.2) is 0 Å². The number of nitrogens with one attached hydrogen (secondary N) is 1. The molecule has 0 aromatic carbocycles. The molecule has 1 saturated heterocycles. The van der Waals surface area contributed by atoms with E-state index in [2.05, 4.69) is 48.1 Å². The second-order valence-corrected chi connectivity index (χ2v) is 8.00. The Morgan fingerprint density at radius 3 is 2.33 bits per heavy atom. The lowest BCUT2D eigenvalue weighted by molar-refractivity contribution is -0.134. The number of likely N-dealkylation sites (N-methyl/N-ethyl adjacent to an activating group) is 1. The summed E-state index contributed by atoms with van der Waals surface area (Å²) in [6, 6.07) is 0. The zero-order valence-electron chi connectivity index (χ0n) is 15.0. The minimum Gasteiger partial charge on any atom is -0.340 e. The lowest BCUT2D eigenvalue weighted by Crippen LogP contribution is -2.48. The Morgan fingerprint density at radius 2 is 1.79 bits per heavy atom. The van der Waals surface area contributed by atoms with Crippen LogP contribution in [0.5, 0.6) is 0 Å². The summed E-state index contributed by atoms with van der Waals surface area (Å²) in [7, 11) is 0. The normalized spacial score (nSPS) is 16.2. The number of carbonyl (C=O) groups excluding carboxylic acids is 2. The van der Waals surface area contributed by atoms with Crippen molar-refractivity contribution in [2.45, 2.75) is 46.0 Å². The van der Waals surface area contributed by atoms with E-state index in [4.69, 9.17) is 0 Å². The fourth-order valence-corrected chi connectivity index (χ4v) is 3.27. The lowest BCUT2D eigenvalue weighted by atomic mass is 9.98. The zero-order valence-corrected chi connectivity index (χ0v) is 15.8. The van der Waals surface area contributed by atoms with Gasteiger partial charge in [0.05, 0.1) is 0 Å². The van der Waals surface area contributed by atoms with Crippen molar-refractivity contribution >= 4 is 28.3 Å². The van der Waals surface area contributed by atoms with E-state index in [0.717, 1.165) is 37.7 Å². The van der Waals surface area contributed by atoms with Gasteiger partial charge >= 0.3 is 0 Å². The van der Waals surface area contributed by atoms with E-state index >= 15 is 0 Å². The maximum absolute atomic E-state index is 12.2. The molecule has 1 aliphatic rings.